The van der Waals surface area contributed by atoms with Crippen LogP contribution in [-0.4, -0.2) is 140 Å². The lowest BCUT2D eigenvalue weighted by atomic mass is 9.97. The number of aliphatic hydroxyl groups is 8. The lowest BCUT2D eigenvalue weighted by molar-refractivity contribution is -0.359. The van der Waals surface area contributed by atoms with E-state index < -0.39 is 86.8 Å². The van der Waals surface area contributed by atoms with Crippen LogP contribution in [0, 0.1) is 0 Å². The van der Waals surface area contributed by atoms with Gasteiger partial charge in [-0.25, -0.2) is 0 Å². The van der Waals surface area contributed by atoms with Crippen LogP contribution in [0.4, 0.5) is 0 Å². The Labute approximate surface area is 625 Å². The summed E-state index contributed by atoms with van der Waals surface area (Å²) in [5.74, 6) is -0.247. The van der Waals surface area contributed by atoms with Crippen LogP contribution in [0.1, 0.15) is 386 Å². The van der Waals surface area contributed by atoms with Crippen molar-refractivity contribution in [3.63, 3.8) is 0 Å². The topological polar surface area (TPSA) is 228 Å². The number of unbranched alkanes of at least 4 members (excludes halogenated alkanes) is 50. The Morgan fingerprint density at radius 3 is 1.03 bits per heavy atom. The quantitative estimate of drug-likeness (QED) is 0.0204. The van der Waals surface area contributed by atoms with Crippen LogP contribution in [0.3, 0.4) is 0 Å². The minimum Gasteiger partial charge on any atom is -0.394 e. The van der Waals surface area contributed by atoms with Crippen LogP contribution >= 0.6 is 0 Å². The molecule has 12 atom stereocenters. The Kier molecular flexibility index (Phi) is 66.8. The molecule has 12 unspecified atom stereocenters. The summed E-state index contributed by atoms with van der Waals surface area (Å²) < 4.78 is 22.9. The van der Waals surface area contributed by atoms with E-state index in [0.29, 0.717) is 12.8 Å². The monoisotopic (exact) mass is 1440 g/mol. The van der Waals surface area contributed by atoms with Gasteiger partial charge in [0.15, 0.2) is 12.6 Å². The number of rotatable bonds is 73. The molecule has 2 heterocycles. The van der Waals surface area contributed by atoms with E-state index in [-0.39, 0.29) is 18.9 Å². The van der Waals surface area contributed by atoms with Gasteiger partial charge in [0.1, 0.15) is 48.8 Å². The zero-order chi connectivity index (χ0) is 73.7. The molecule has 596 valence electrons. The minimum absolute atomic E-state index is 0.247. The number of hydrogen-bond acceptors (Lipinski definition) is 13. The van der Waals surface area contributed by atoms with Gasteiger partial charge in [0.25, 0.3) is 0 Å². The fourth-order valence-corrected chi connectivity index (χ4v) is 14.0. The third kappa shape index (κ3) is 53.3. The standard InChI is InChI=1S/C88H161NO13/c1-3-5-7-9-11-13-15-17-19-21-23-25-27-29-31-33-35-36-37-38-39-40-42-44-46-48-50-52-54-56-58-60-62-64-66-68-70-72-80(93)89-76(75-99-87-85(98)83(96)86(79(74-91)101-87)102-88-84(97)82(95)81(94)78(73-90)100-88)77(92)71-69-67-65-63-61-59-57-55-53-51-49-47-45-43-41-34-32-30-28-26-24-22-20-18-16-14-12-10-8-6-4-2/h15,17,21,23,27,29,53,55,61,63,69,71,76-79,81-88,90-92,94-98H,3-14,16,18-20,22,24-26,28,30-52,54,56-60,62,64-68,70,72-75H2,1-2H3,(H,89,93)/b17-15-,23-21-,29-27-,55-53+,63-61+,71-69+. The summed E-state index contributed by atoms with van der Waals surface area (Å²) in [7, 11) is 0. The number of carbonyl (C=O) groups excluding carboxylic acids is 1. The summed E-state index contributed by atoms with van der Waals surface area (Å²) in [6.45, 7) is 2.82. The van der Waals surface area contributed by atoms with Gasteiger partial charge in [-0.05, 0) is 83.5 Å². The Bertz CT molecular complexity index is 1990. The van der Waals surface area contributed by atoms with Crippen molar-refractivity contribution in [1.29, 1.82) is 0 Å². The van der Waals surface area contributed by atoms with Gasteiger partial charge in [-0.2, -0.15) is 0 Å². The van der Waals surface area contributed by atoms with E-state index in [4.69, 9.17) is 18.9 Å². The maximum atomic E-state index is 13.4. The number of hydrogen-bond donors (Lipinski definition) is 9. The number of nitrogens with one attached hydrogen (secondary N) is 1. The van der Waals surface area contributed by atoms with Crippen LogP contribution in [0.15, 0.2) is 72.9 Å². The molecule has 14 heteroatoms. The first-order valence-electron chi connectivity index (χ1n) is 43.2. The highest BCUT2D eigenvalue weighted by atomic mass is 16.7. The van der Waals surface area contributed by atoms with Crippen molar-refractivity contribution in [2.24, 2.45) is 0 Å². The summed E-state index contributed by atoms with van der Waals surface area (Å²) in [5, 5.41) is 87.7. The molecule has 2 saturated heterocycles. The summed E-state index contributed by atoms with van der Waals surface area (Å²) in [5.41, 5.74) is 0. The third-order valence-corrected chi connectivity index (χ3v) is 20.8. The molecule has 2 rings (SSSR count). The van der Waals surface area contributed by atoms with Gasteiger partial charge in [-0.3, -0.25) is 4.79 Å². The van der Waals surface area contributed by atoms with Gasteiger partial charge in [0.2, 0.25) is 5.91 Å². The molecule has 2 fully saturated rings. The molecule has 0 bridgehead atoms. The van der Waals surface area contributed by atoms with Crippen molar-refractivity contribution in [3.8, 4) is 0 Å². The van der Waals surface area contributed by atoms with E-state index in [1.165, 1.54) is 295 Å². The second-order valence-electron chi connectivity index (χ2n) is 30.3. The Hall–Kier alpha value is -2.57. The average molecular weight is 1440 g/mol. The van der Waals surface area contributed by atoms with Crippen molar-refractivity contribution < 1.29 is 64.6 Å². The van der Waals surface area contributed by atoms with Gasteiger partial charge in [-0.15, -0.1) is 0 Å². The fourth-order valence-electron chi connectivity index (χ4n) is 14.0. The highest BCUT2D eigenvalue weighted by Crippen LogP contribution is 2.30. The van der Waals surface area contributed by atoms with Gasteiger partial charge in [-0.1, -0.05) is 369 Å². The molecular formula is C88H161NO13. The number of allylic oxidation sites excluding steroid dienone is 11. The van der Waals surface area contributed by atoms with Crippen molar-refractivity contribution in [2.45, 2.75) is 460 Å². The van der Waals surface area contributed by atoms with E-state index in [1.54, 1.807) is 6.08 Å². The van der Waals surface area contributed by atoms with Crippen LogP contribution in [0.5, 0.6) is 0 Å². The SMILES string of the molecule is CCCCCCC/C=C\C/C=C\C/C=C\CCCCCCCCCCCCCCCCCCCCCCCCC(=O)NC(COC1OC(CO)C(OC2OC(CO)C(O)C(O)C2O)C(O)C1O)C(O)/C=C/CC/C=C/CC/C=C/CCCCCCCCCCCCCCCCCCCCCCC. The molecule has 0 aromatic rings. The molecule has 0 radical (unpaired) electrons. The molecule has 0 aromatic carbocycles. The summed E-state index contributed by atoms with van der Waals surface area (Å²) in [4.78, 5) is 13.4. The van der Waals surface area contributed by atoms with Gasteiger partial charge < -0.3 is 65.1 Å². The Balaban J connectivity index is 1.60. The van der Waals surface area contributed by atoms with Crippen molar-refractivity contribution in [2.75, 3.05) is 19.8 Å². The first-order chi connectivity index (χ1) is 50.1. The van der Waals surface area contributed by atoms with Crippen molar-refractivity contribution in [1.82, 2.24) is 5.32 Å². The maximum Gasteiger partial charge on any atom is 0.220 e. The first kappa shape index (κ1) is 95.5. The Morgan fingerprint density at radius 2 is 0.657 bits per heavy atom. The normalized spacial score (nSPS) is 22.0. The molecule has 102 heavy (non-hydrogen) atoms. The summed E-state index contributed by atoms with van der Waals surface area (Å²) >= 11 is 0. The zero-order valence-corrected chi connectivity index (χ0v) is 65.6. The van der Waals surface area contributed by atoms with E-state index in [1.807, 2.05) is 6.08 Å². The minimum atomic E-state index is -1.80. The van der Waals surface area contributed by atoms with E-state index in [0.717, 1.165) is 57.8 Å². The third-order valence-electron chi connectivity index (χ3n) is 20.8. The van der Waals surface area contributed by atoms with Gasteiger partial charge >= 0.3 is 0 Å². The lowest BCUT2D eigenvalue weighted by Gasteiger charge is -2.46. The first-order valence-corrected chi connectivity index (χ1v) is 43.2. The summed E-state index contributed by atoms with van der Waals surface area (Å²) in [6.07, 6.45) is 83.0. The van der Waals surface area contributed by atoms with Gasteiger partial charge in [0, 0.05) is 6.42 Å². The van der Waals surface area contributed by atoms with E-state index in [9.17, 15) is 45.6 Å². The van der Waals surface area contributed by atoms with E-state index >= 15 is 0 Å². The lowest BCUT2D eigenvalue weighted by Crippen LogP contribution is -2.65. The molecule has 0 spiro atoms. The smallest absolute Gasteiger partial charge is 0.220 e. The number of carbonyl (C=O) groups is 1. The highest BCUT2D eigenvalue weighted by Gasteiger charge is 2.51. The predicted octanol–water partition coefficient (Wildman–Crippen LogP) is 20.5. The molecule has 2 aliphatic heterocycles. The molecule has 0 aromatic heterocycles. The molecule has 1 amide bonds. The molecule has 14 nitrogen and oxygen atoms in total. The molecule has 9 N–H and O–H groups in total. The summed E-state index contributed by atoms with van der Waals surface area (Å²) in [6, 6.07) is -0.942. The van der Waals surface area contributed by atoms with Crippen LogP contribution in [-0.2, 0) is 23.7 Å². The van der Waals surface area contributed by atoms with E-state index in [2.05, 4.69) is 79.9 Å². The number of amides is 1. The molecule has 0 saturated carbocycles. The largest absolute Gasteiger partial charge is 0.394 e. The Morgan fingerprint density at radius 1 is 0.353 bits per heavy atom. The van der Waals surface area contributed by atoms with Crippen molar-refractivity contribution >= 4 is 5.91 Å². The average Bonchev–Trinajstić information content (AvgIpc) is 0.790. The van der Waals surface area contributed by atoms with Crippen molar-refractivity contribution in [3.05, 3.63) is 72.9 Å². The molecule has 2 aliphatic rings. The van der Waals surface area contributed by atoms with Crippen LogP contribution < -0.4 is 5.32 Å². The zero-order valence-electron chi connectivity index (χ0n) is 65.6. The second kappa shape index (κ2) is 71.4. The molecule has 0 aliphatic carbocycles. The van der Waals surface area contributed by atoms with Crippen LogP contribution in [0.25, 0.3) is 0 Å². The number of ether oxygens (including phenoxy) is 4. The maximum absolute atomic E-state index is 13.4. The fraction of sp³-hybridized carbons (Fsp3) is 0.852. The number of aliphatic hydroxyl groups excluding tert-OH is 8. The second-order valence-corrected chi connectivity index (χ2v) is 30.3. The van der Waals surface area contributed by atoms with Crippen LogP contribution in [0.2, 0.25) is 0 Å². The van der Waals surface area contributed by atoms with Gasteiger partial charge in [0.05, 0.1) is 32.0 Å². The predicted molar refractivity (Wildman–Crippen MR) is 424 cm³/mol. The highest BCUT2D eigenvalue weighted by molar-refractivity contribution is 5.76. The molecular weight excluding hydrogens is 1280 g/mol.